The smallest absolute Gasteiger partial charge is 0.207 e. The van der Waals surface area contributed by atoms with Crippen molar-refractivity contribution in [1.29, 1.82) is 0 Å². The summed E-state index contributed by atoms with van der Waals surface area (Å²) in [6.07, 6.45) is 2.30. The third-order valence-electron chi connectivity index (χ3n) is 3.79. The Bertz CT molecular complexity index is 651. The van der Waals surface area contributed by atoms with E-state index in [0.29, 0.717) is 17.9 Å². The van der Waals surface area contributed by atoms with Gasteiger partial charge in [-0.2, -0.15) is 5.10 Å². The van der Waals surface area contributed by atoms with E-state index in [1.807, 2.05) is 38.1 Å². The van der Waals surface area contributed by atoms with Gasteiger partial charge in [0.1, 0.15) is 5.69 Å². The lowest BCUT2D eigenvalue weighted by Gasteiger charge is -2.15. The predicted molar refractivity (Wildman–Crippen MR) is 81.1 cm³/mol. The minimum Gasteiger partial charge on any atom is -0.493 e. The van der Waals surface area contributed by atoms with Crippen molar-refractivity contribution in [2.24, 2.45) is 0 Å². The van der Waals surface area contributed by atoms with E-state index in [9.17, 15) is 4.79 Å². The molecule has 1 atom stereocenters. The zero-order valence-electron chi connectivity index (χ0n) is 12.5. The van der Waals surface area contributed by atoms with Crippen molar-refractivity contribution in [3.63, 3.8) is 0 Å². The number of benzene rings is 1. The fourth-order valence-corrected chi connectivity index (χ4v) is 2.74. The Balaban J connectivity index is 1.92. The van der Waals surface area contributed by atoms with Gasteiger partial charge in [0.05, 0.1) is 19.3 Å². The van der Waals surface area contributed by atoms with Crippen molar-refractivity contribution in [2.75, 3.05) is 12.4 Å². The van der Waals surface area contributed by atoms with E-state index in [-0.39, 0.29) is 17.9 Å². The van der Waals surface area contributed by atoms with Crippen LogP contribution < -0.4 is 10.1 Å². The average molecular weight is 285 g/mol. The molecule has 110 valence electrons. The molecule has 1 aromatic carbocycles. The SMILES string of the molecule is COc1cnn(C(C)C)c1C(=O)C1Cc2ccccc2N1. The second-order valence-electron chi connectivity index (χ2n) is 5.52. The Morgan fingerprint density at radius 2 is 2.19 bits per heavy atom. The molecule has 0 saturated heterocycles. The van der Waals surface area contributed by atoms with Gasteiger partial charge in [-0.1, -0.05) is 18.2 Å². The minimum atomic E-state index is -0.259. The molecule has 0 bridgehead atoms. The molecule has 1 aliphatic rings. The van der Waals surface area contributed by atoms with Crippen LogP contribution in [0.1, 0.15) is 35.9 Å². The van der Waals surface area contributed by atoms with Crippen molar-refractivity contribution < 1.29 is 9.53 Å². The van der Waals surface area contributed by atoms with Crippen molar-refractivity contribution in [1.82, 2.24) is 9.78 Å². The molecule has 0 radical (unpaired) electrons. The second kappa shape index (κ2) is 5.24. The molecule has 1 aliphatic heterocycles. The highest BCUT2D eigenvalue weighted by Crippen LogP contribution is 2.30. The maximum atomic E-state index is 12.9. The number of nitrogens with one attached hydrogen (secondary N) is 1. The van der Waals surface area contributed by atoms with Gasteiger partial charge >= 0.3 is 0 Å². The highest BCUT2D eigenvalue weighted by Gasteiger charge is 2.32. The number of ether oxygens (including phenoxy) is 1. The molecular formula is C16H19N3O2. The molecule has 5 nitrogen and oxygen atoms in total. The van der Waals surface area contributed by atoms with Crippen LogP contribution in [0.4, 0.5) is 5.69 Å². The van der Waals surface area contributed by atoms with Crippen LogP contribution in [-0.4, -0.2) is 28.7 Å². The molecule has 0 fully saturated rings. The van der Waals surface area contributed by atoms with Crippen molar-refractivity contribution in [3.05, 3.63) is 41.7 Å². The number of rotatable bonds is 4. The van der Waals surface area contributed by atoms with Crippen LogP contribution in [0.25, 0.3) is 0 Å². The first-order valence-corrected chi connectivity index (χ1v) is 7.12. The van der Waals surface area contributed by atoms with Gasteiger partial charge in [-0.25, -0.2) is 0 Å². The van der Waals surface area contributed by atoms with Gasteiger partial charge in [-0.3, -0.25) is 9.48 Å². The normalized spacial score (nSPS) is 16.7. The number of hydrogen-bond acceptors (Lipinski definition) is 4. The second-order valence-corrected chi connectivity index (χ2v) is 5.52. The number of carbonyl (C=O) groups excluding carboxylic acids is 1. The molecule has 1 unspecified atom stereocenters. The standard InChI is InChI=1S/C16H19N3O2/c1-10(2)19-15(14(21-3)9-17-19)16(20)13-8-11-6-4-5-7-12(11)18-13/h4-7,9-10,13,18H,8H2,1-3H3. The molecular weight excluding hydrogens is 266 g/mol. The quantitative estimate of drug-likeness (QED) is 0.878. The Morgan fingerprint density at radius 1 is 1.43 bits per heavy atom. The number of Topliss-reactive ketones (excluding diaryl/α,β-unsaturated/α-hetero) is 1. The van der Waals surface area contributed by atoms with Gasteiger partial charge in [0.2, 0.25) is 5.78 Å². The van der Waals surface area contributed by atoms with Crippen molar-refractivity contribution >= 4 is 11.5 Å². The van der Waals surface area contributed by atoms with Crippen LogP contribution in [0, 0.1) is 0 Å². The molecule has 1 aromatic heterocycles. The van der Waals surface area contributed by atoms with Crippen molar-refractivity contribution in [2.45, 2.75) is 32.4 Å². The van der Waals surface area contributed by atoms with E-state index in [1.54, 1.807) is 18.0 Å². The van der Waals surface area contributed by atoms with Crippen LogP contribution in [0.3, 0.4) is 0 Å². The summed E-state index contributed by atoms with van der Waals surface area (Å²) in [7, 11) is 1.56. The Kier molecular flexibility index (Phi) is 3.41. The Hall–Kier alpha value is -2.30. The van der Waals surface area contributed by atoms with Crippen molar-refractivity contribution in [3.8, 4) is 5.75 Å². The van der Waals surface area contributed by atoms with Crippen LogP contribution in [-0.2, 0) is 6.42 Å². The lowest BCUT2D eigenvalue weighted by Crippen LogP contribution is -2.30. The highest BCUT2D eigenvalue weighted by molar-refractivity contribution is 6.03. The molecule has 2 heterocycles. The van der Waals surface area contributed by atoms with Gasteiger partial charge in [-0.05, 0) is 25.5 Å². The fourth-order valence-electron chi connectivity index (χ4n) is 2.74. The molecule has 0 spiro atoms. The predicted octanol–water partition coefficient (Wildman–Crippen LogP) is 2.69. The summed E-state index contributed by atoms with van der Waals surface area (Å²) in [5, 5.41) is 7.56. The minimum absolute atomic E-state index is 0.0225. The molecule has 21 heavy (non-hydrogen) atoms. The van der Waals surface area contributed by atoms with Crippen LogP contribution in [0.5, 0.6) is 5.75 Å². The number of para-hydroxylation sites is 1. The number of fused-ring (bicyclic) bond motifs is 1. The van der Waals surface area contributed by atoms with E-state index in [2.05, 4.69) is 10.4 Å². The van der Waals surface area contributed by atoms with Crippen LogP contribution in [0.2, 0.25) is 0 Å². The maximum Gasteiger partial charge on any atom is 0.207 e. The Morgan fingerprint density at radius 3 is 2.86 bits per heavy atom. The van der Waals surface area contributed by atoms with E-state index in [1.165, 1.54) is 5.56 Å². The van der Waals surface area contributed by atoms with Gasteiger partial charge in [0.15, 0.2) is 5.75 Å². The monoisotopic (exact) mass is 285 g/mol. The van der Waals surface area contributed by atoms with Crippen LogP contribution in [0.15, 0.2) is 30.5 Å². The van der Waals surface area contributed by atoms with Gasteiger partial charge in [0.25, 0.3) is 0 Å². The number of methoxy groups -OCH3 is 1. The van der Waals surface area contributed by atoms with E-state index >= 15 is 0 Å². The lowest BCUT2D eigenvalue weighted by molar-refractivity contribution is 0.0956. The molecule has 0 amide bonds. The number of aromatic nitrogens is 2. The summed E-state index contributed by atoms with van der Waals surface area (Å²) in [6, 6.07) is 7.86. The van der Waals surface area contributed by atoms with E-state index < -0.39 is 0 Å². The zero-order valence-corrected chi connectivity index (χ0v) is 12.5. The third kappa shape index (κ3) is 2.28. The van der Waals surface area contributed by atoms with E-state index in [0.717, 1.165) is 5.69 Å². The maximum absolute atomic E-state index is 12.9. The molecule has 1 N–H and O–H groups in total. The fraction of sp³-hybridized carbons (Fsp3) is 0.375. The first-order valence-electron chi connectivity index (χ1n) is 7.12. The summed E-state index contributed by atoms with van der Waals surface area (Å²) in [5.41, 5.74) is 2.74. The van der Waals surface area contributed by atoms with E-state index in [4.69, 9.17) is 4.74 Å². The first-order chi connectivity index (χ1) is 10.1. The molecule has 0 saturated carbocycles. The average Bonchev–Trinajstić information content (AvgIpc) is 3.09. The number of carbonyl (C=O) groups is 1. The van der Waals surface area contributed by atoms with Gasteiger partial charge in [0, 0.05) is 18.2 Å². The number of anilines is 1. The largest absolute Gasteiger partial charge is 0.493 e. The third-order valence-corrected chi connectivity index (χ3v) is 3.79. The molecule has 0 aliphatic carbocycles. The summed E-state index contributed by atoms with van der Waals surface area (Å²) >= 11 is 0. The summed E-state index contributed by atoms with van der Waals surface area (Å²) < 4.78 is 7.03. The van der Waals surface area contributed by atoms with Crippen LogP contribution >= 0.6 is 0 Å². The lowest BCUT2D eigenvalue weighted by atomic mass is 10.0. The summed E-state index contributed by atoms with van der Waals surface area (Å²) in [5.74, 6) is 0.556. The Labute approximate surface area is 123 Å². The number of hydrogen-bond donors (Lipinski definition) is 1. The molecule has 2 aromatic rings. The molecule has 3 rings (SSSR count). The molecule has 5 heteroatoms. The number of ketones is 1. The number of nitrogens with zero attached hydrogens (tertiary/aromatic N) is 2. The zero-order chi connectivity index (χ0) is 15.0. The summed E-state index contributed by atoms with van der Waals surface area (Å²) in [6.45, 7) is 4.00. The topological polar surface area (TPSA) is 56.2 Å². The van der Waals surface area contributed by atoms with Gasteiger partial charge in [-0.15, -0.1) is 0 Å². The first kappa shape index (κ1) is 13.7. The van der Waals surface area contributed by atoms with Gasteiger partial charge < -0.3 is 10.1 Å². The summed E-state index contributed by atoms with van der Waals surface area (Å²) in [4.78, 5) is 12.9. The highest BCUT2D eigenvalue weighted by atomic mass is 16.5.